The first kappa shape index (κ1) is 12.5. The molecule has 0 unspecified atom stereocenters. The first-order valence-electron chi connectivity index (χ1n) is 5.64. The summed E-state index contributed by atoms with van der Waals surface area (Å²) < 4.78 is 5.27. The van der Waals surface area contributed by atoms with Crippen LogP contribution in [0.3, 0.4) is 0 Å². The lowest BCUT2D eigenvalue weighted by Crippen LogP contribution is -2.07. The minimum atomic E-state index is 0.668. The molecule has 1 rings (SSSR count). The second-order valence-electron chi connectivity index (χ2n) is 3.49. The van der Waals surface area contributed by atoms with Gasteiger partial charge >= 0.3 is 0 Å². The maximum absolute atomic E-state index is 5.27. The zero-order valence-electron chi connectivity index (χ0n) is 10.2. The lowest BCUT2D eigenvalue weighted by Gasteiger charge is -2.12. The quantitative estimate of drug-likeness (QED) is 0.695. The molecule has 5 nitrogen and oxygen atoms in total. The van der Waals surface area contributed by atoms with E-state index in [1.165, 1.54) is 19.2 Å². The van der Waals surface area contributed by atoms with Crippen LogP contribution in [0.5, 0.6) is 5.75 Å². The average molecular weight is 224 g/mol. The first-order chi connectivity index (χ1) is 7.83. The highest BCUT2D eigenvalue weighted by molar-refractivity contribution is 5.63. The molecule has 0 aliphatic heterocycles. The molecule has 2 N–H and O–H groups in total. The molecule has 0 saturated carbocycles. The van der Waals surface area contributed by atoms with E-state index in [1.807, 2.05) is 7.05 Å². The number of nitrogens with zero attached hydrogens (tertiary/aromatic N) is 2. The summed E-state index contributed by atoms with van der Waals surface area (Å²) in [4.78, 5) is 8.25. The van der Waals surface area contributed by atoms with Gasteiger partial charge in [0.15, 0.2) is 11.6 Å². The van der Waals surface area contributed by atoms with Gasteiger partial charge in [-0.15, -0.1) is 0 Å². The van der Waals surface area contributed by atoms with Crippen molar-refractivity contribution in [1.82, 2.24) is 9.97 Å². The smallest absolute Gasteiger partial charge is 0.204 e. The number of nitrogens with one attached hydrogen (secondary N) is 2. The summed E-state index contributed by atoms with van der Waals surface area (Å²) in [6.07, 6.45) is 5.10. The van der Waals surface area contributed by atoms with Crippen LogP contribution in [-0.2, 0) is 0 Å². The second-order valence-corrected chi connectivity index (χ2v) is 3.49. The third-order valence-electron chi connectivity index (χ3n) is 2.32. The molecule has 0 aliphatic carbocycles. The van der Waals surface area contributed by atoms with Gasteiger partial charge in [-0.05, 0) is 6.42 Å². The third kappa shape index (κ3) is 3.25. The van der Waals surface area contributed by atoms with Gasteiger partial charge in [-0.2, -0.15) is 0 Å². The number of methoxy groups -OCH3 is 1. The molecule has 0 fully saturated rings. The van der Waals surface area contributed by atoms with E-state index in [4.69, 9.17) is 4.74 Å². The molecule has 0 amide bonds. The van der Waals surface area contributed by atoms with Crippen molar-refractivity contribution in [3.8, 4) is 5.75 Å². The van der Waals surface area contributed by atoms with Crippen LogP contribution in [0.15, 0.2) is 6.33 Å². The summed E-state index contributed by atoms with van der Waals surface area (Å²) in [5, 5.41) is 6.23. The topological polar surface area (TPSA) is 59.1 Å². The van der Waals surface area contributed by atoms with Crippen molar-refractivity contribution in [2.24, 2.45) is 0 Å². The van der Waals surface area contributed by atoms with Gasteiger partial charge in [0.25, 0.3) is 0 Å². The summed E-state index contributed by atoms with van der Waals surface area (Å²) >= 11 is 0. The Morgan fingerprint density at radius 2 is 2.00 bits per heavy atom. The number of hydrogen-bond acceptors (Lipinski definition) is 5. The van der Waals surface area contributed by atoms with Crippen molar-refractivity contribution in [3.63, 3.8) is 0 Å². The monoisotopic (exact) mass is 224 g/mol. The number of unbranched alkanes of at least 4 members (excludes halogenated alkanes) is 2. The Hall–Kier alpha value is -1.52. The van der Waals surface area contributed by atoms with Crippen molar-refractivity contribution in [2.75, 3.05) is 31.3 Å². The van der Waals surface area contributed by atoms with Crippen LogP contribution < -0.4 is 15.4 Å². The summed E-state index contributed by atoms with van der Waals surface area (Å²) in [6, 6.07) is 0. The summed E-state index contributed by atoms with van der Waals surface area (Å²) in [7, 11) is 3.43. The minimum absolute atomic E-state index is 0.668. The molecule has 90 valence electrons. The van der Waals surface area contributed by atoms with Crippen molar-refractivity contribution >= 4 is 11.6 Å². The number of rotatable bonds is 7. The maximum Gasteiger partial charge on any atom is 0.204 e. The van der Waals surface area contributed by atoms with E-state index < -0.39 is 0 Å². The molecule has 0 aromatic carbocycles. The zero-order valence-corrected chi connectivity index (χ0v) is 10.2. The highest BCUT2D eigenvalue weighted by Crippen LogP contribution is 2.28. The number of aromatic nitrogens is 2. The summed E-state index contributed by atoms with van der Waals surface area (Å²) in [6.45, 7) is 3.09. The lowest BCUT2D eigenvalue weighted by molar-refractivity contribution is 0.415. The van der Waals surface area contributed by atoms with Gasteiger partial charge in [-0.1, -0.05) is 19.8 Å². The van der Waals surface area contributed by atoms with E-state index in [2.05, 4.69) is 27.5 Å². The predicted octanol–water partition coefficient (Wildman–Crippen LogP) is 2.13. The average Bonchev–Trinajstić information content (AvgIpc) is 2.34. The van der Waals surface area contributed by atoms with Crippen LogP contribution >= 0.6 is 0 Å². The van der Waals surface area contributed by atoms with Crippen LogP contribution in [0, 0.1) is 0 Å². The van der Waals surface area contributed by atoms with E-state index in [-0.39, 0.29) is 0 Å². The van der Waals surface area contributed by atoms with Gasteiger partial charge < -0.3 is 15.4 Å². The number of ether oxygens (including phenoxy) is 1. The molecular formula is C11H20N4O. The van der Waals surface area contributed by atoms with Crippen molar-refractivity contribution < 1.29 is 4.74 Å². The van der Waals surface area contributed by atoms with E-state index >= 15 is 0 Å². The van der Waals surface area contributed by atoms with Crippen LogP contribution in [0.1, 0.15) is 26.2 Å². The Balaban J connectivity index is 2.63. The Morgan fingerprint density at radius 1 is 1.25 bits per heavy atom. The van der Waals surface area contributed by atoms with Gasteiger partial charge in [0.1, 0.15) is 6.33 Å². The molecule has 0 spiro atoms. The molecule has 0 aliphatic rings. The Morgan fingerprint density at radius 3 is 2.62 bits per heavy atom. The third-order valence-corrected chi connectivity index (χ3v) is 2.32. The van der Waals surface area contributed by atoms with Gasteiger partial charge in [0.05, 0.1) is 7.11 Å². The van der Waals surface area contributed by atoms with Crippen molar-refractivity contribution in [1.29, 1.82) is 0 Å². The van der Waals surface area contributed by atoms with Gasteiger partial charge in [-0.3, -0.25) is 0 Å². The van der Waals surface area contributed by atoms with Gasteiger partial charge in [-0.25, -0.2) is 9.97 Å². The minimum Gasteiger partial charge on any atom is -0.490 e. The van der Waals surface area contributed by atoms with E-state index in [0.29, 0.717) is 11.6 Å². The number of hydrogen-bond donors (Lipinski definition) is 2. The maximum atomic E-state index is 5.27. The van der Waals surface area contributed by atoms with Gasteiger partial charge in [0.2, 0.25) is 5.75 Å². The molecule has 0 saturated heterocycles. The van der Waals surface area contributed by atoms with E-state index in [9.17, 15) is 0 Å². The van der Waals surface area contributed by atoms with Crippen LogP contribution in [-0.4, -0.2) is 30.7 Å². The molecule has 5 heteroatoms. The zero-order chi connectivity index (χ0) is 11.8. The standard InChI is InChI=1S/C11H20N4O/c1-4-5-6-7-13-11-9(16-3)10(12-2)14-8-15-11/h8H,4-7H2,1-3H3,(H2,12,13,14,15). The van der Waals surface area contributed by atoms with Gasteiger partial charge in [0, 0.05) is 13.6 Å². The fourth-order valence-electron chi connectivity index (χ4n) is 1.45. The predicted molar refractivity (Wildman–Crippen MR) is 66.1 cm³/mol. The molecule has 0 bridgehead atoms. The largest absolute Gasteiger partial charge is 0.490 e. The molecule has 16 heavy (non-hydrogen) atoms. The fourth-order valence-corrected chi connectivity index (χ4v) is 1.45. The summed E-state index contributed by atoms with van der Waals surface area (Å²) in [5.74, 6) is 2.12. The Labute approximate surface area is 96.6 Å². The van der Waals surface area contributed by atoms with Crippen LogP contribution in [0.2, 0.25) is 0 Å². The van der Waals surface area contributed by atoms with E-state index in [1.54, 1.807) is 7.11 Å². The molecule has 1 aromatic rings. The SMILES string of the molecule is CCCCCNc1ncnc(NC)c1OC. The lowest BCUT2D eigenvalue weighted by atomic mass is 10.2. The van der Waals surface area contributed by atoms with Crippen LogP contribution in [0.4, 0.5) is 11.6 Å². The van der Waals surface area contributed by atoms with Crippen LogP contribution in [0.25, 0.3) is 0 Å². The van der Waals surface area contributed by atoms with Crippen molar-refractivity contribution in [2.45, 2.75) is 26.2 Å². The molecule has 1 heterocycles. The normalized spacial score (nSPS) is 9.94. The summed E-state index contributed by atoms with van der Waals surface area (Å²) in [5.41, 5.74) is 0. The highest BCUT2D eigenvalue weighted by atomic mass is 16.5. The van der Waals surface area contributed by atoms with E-state index in [0.717, 1.165) is 18.8 Å². The second kappa shape index (κ2) is 6.87. The first-order valence-corrected chi connectivity index (χ1v) is 5.64. The Kier molecular flexibility index (Phi) is 5.39. The van der Waals surface area contributed by atoms with Crippen molar-refractivity contribution in [3.05, 3.63) is 6.33 Å². The fraction of sp³-hybridized carbons (Fsp3) is 0.636. The number of anilines is 2. The highest BCUT2D eigenvalue weighted by Gasteiger charge is 2.09. The molecule has 0 radical (unpaired) electrons. The molecular weight excluding hydrogens is 204 g/mol. The molecule has 0 atom stereocenters. The molecule has 1 aromatic heterocycles. The Bertz CT molecular complexity index is 317.